The number of aryl methyl sites for hydroxylation is 1. The van der Waals surface area contributed by atoms with Crippen LogP contribution in [-0.4, -0.2) is 48.2 Å². The number of hydrogen-bond donors (Lipinski definition) is 2. The van der Waals surface area contributed by atoms with Gasteiger partial charge in [-0.25, -0.2) is 4.98 Å². The largest absolute Gasteiger partial charge is 0.382 e. The fourth-order valence-electron chi connectivity index (χ4n) is 2.78. The number of piperidine rings is 1. The molecule has 2 heterocycles. The van der Waals surface area contributed by atoms with Crippen LogP contribution >= 0.6 is 0 Å². The molecular formula is C16H26N4O3. The van der Waals surface area contributed by atoms with Gasteiger partial charge in [0.1, 0.15) is 0 Å². The number of rotatable bonds is 7. The topological polar surface area (TPSA) is 87.3 Å². The van der Waals surface area contributed by atoms with E-state index >= 15 is 0 Å². The molecule has 7 heteroatoms. The summed E-state index contributed by atoms with van der Waals surface area (Å²) in [6, 6.07) is 1.57. The first kappa shape index (κ1) is 17.5. The van der Waals surface area contributed by atoms with Gasteiger partial charge in [0.25, 0.3) is 5.56 Å². The maximum Gasteiger partial charge on any atom is 0.252 e. The van der Waals surface area contributed by atoms with E-state index in [2.05, 4.69) is 15.3 Å². The zero-order chi connectivity index (χ0) is 16.7. The molecule has 2 rings (SSSR count). The molecule has 0 aliphatic carbocycles. The summed E-state index contributed by atoms with van der Waals surface area (Å²) in [7, 11) is 0. The monoisotopic (exact) mass is 322 g/mol. The molecule has 0 spiro atoms. The summed E-state index contributed by atoms with van der Waals surface area (Å²) in [4.78, 5) is 32.7. The highest BCUT2D eigenvalue weighted by Gasteiger charge is 2.22. The van der Waals surface area contributed by atoms with Crippen molar-refractivity contribution in [2.24, 2.45) is 0 Å². The average Bonchev–Trinajstić information content (AvgIpc) is 2.51. The van der Waals surface area contributed by atoms with E-state index in [1.54, 1.807) is 6.92 Å². The lowest BCUT2D eigenvalue weighted by Crippen LogP contribution is -2.48. The summed E-state index contributed by atoms with van der Waals surface area (Å²) >= 11 is 0. The number of aromatic amines is 1. The van der Waals surface area contributed by atoms with Crippen LogP contribution in [0.4, 0.5) is 5.95 Å². The van der Waals surface area contributed by atoms with Gasteiger partial charge >= 0.3 is 0 Å². The van der Waals surface area contributed by atoms with Crippen LogP contribution in [0, 0.1) is 6.92 Å². The summed E-state index contributed by atoms with van der Waals surface area (Å²) < 4.78 is 5.24. The number of nitrogens with one attached hydrogen (secondary N) is 2. The summed E-state index contributed by atoms with van der Waals surface area (Å²) in [6.45, 7) is 6.56. The van der Waals surface area contributed by atoms with Gasteiger partial charge in [-0.2, -0.15) is 0 Å². The fraction of sp³-hybridized carbons (Fsp3) is 0.688. The van der Waals surface area contributed by atoms with Crippen molar-refractivity contribution in [2.75, 3.05) is 31.2 Å². The standard InChI is InChI=1S/C16H26N4O3/c1-3-23-9-5-7-14(21)18-13-6-4-8-20(11-13)16-17-12(2)10-15(22)19-16/h10,13H,3-9,11H2,1-2H3,(H,18,21)(H,17,19,22). The Kier molecular flexibility index (Phi) is 6.58. The molecule has 128 valence electrons. The van der Waals surface area contributed by atoms with Gasteiger partial charge in [-0.3, -0.25) is 14.6 Å². The molecule has 23 heavy (non-hydrogen) atoms. The van der Waals surface area contributed by atoms with E-state index in [1.165, 1.54) is 6.07 Å². The molecule has 1 fully saturated rings. The fourth-order valence-corrected chi connectivity index (χ4v) is 2.78. The number of ether oxygens (including phenoxy) is 1. The van der Waals surface area contributed by atoms with Crippen molar-refractivity contribution in [2.45, 2.75) is 45.6 Å². The van der Waals surface area contributed by atoms with Gasteiger partial charge < -0.3 is 15.0 Å². The lowest BCUT2D eigenvalue weighted by Gasteiger charge is -2.33. The first-order chi connectivity index (χ1) is 11.1. The van der Waals surface area contributed by atoms with E-state index in [9.17, 15) is 9.59 Å². The number of carbonyl (C=O) groups excluding carboxylic acids is 1. The predicted molar refractivity (Wildman–Crippen MR) is 88.7 cm³/mol. The van der Waals surface area contributed by atoms with Gasteiger partial charge in [-0.1, -0.05) is 0 Å². The molecule has 0 aromatic carbocycles. The van der Waals surface area contributed by atoms with Gasteiger partial charge in [0, 0.05) is 50.5 Å². The molecule has 1 aliphatic heterocycles. The zero-order valence-electron chi connectivity index (χ0n) is 13.9. The Balaban J connectivity index is 1.85. The Morgan fingerprint density at radius 2 is 2.39 bits per heavy atom. The molecule has 1 amide bonds. The molecule has 0 saturated carbocycles. The number of hydrogen-bond acceptors (Lipinski definition) is 5. The van der Waals surface area contributed by atoms with E-state index < -0.39 is 0 Å². The molecule has 7 nitrogen and oxygen atoms in total. The Bertz CT molecular complexity index is 573. The second-order valence-electron chi connectivity index (χ2n) is 5.86. The lowest BCUT2D eigenvalue weighted by atomic mass is 10.1. The second kappa shape index (κ2) is 8.67. The summed E-state index contributed by atoms with van der Waals surface area (Å²) in [5.41, 5.74) is 0.556. The highest BCUT2D eigenvalue weighted by molar-refractivity contribution is 5.76. The molecule has 2 N–H and O–H groups in total. The number of H-pyrrole nitrogens is 1. The molecule has 1 saturated heterocycles. The van der Waals surface area contributed by atoms with Gasteiger partial charge in [0.15, 0.2) is 0 Å². The minimum absolute atomic E-state index is 0.0576. The van der Waals surface area contributed by atoms with E-state index in [0.717, 1.165) is 25.8 Å². The number of amides is 1. The van der Waals surface area contributed by atoms with Crippen LogP contribution in [0.15, 0.2) is 10.9 Å². The van der Waals surface area contributed by atoms with Gasteiger partial charge in [-0.05, 0) is 33.1 Å². The number of nitrogens with zero attached hydrogens (tertiary/aromatic N) is 2. The smallest absolute Gasteiger partial charge is 0.252 e. The van der Waals surface area contributed by atoms with Crippen molar-refractivity contribution in [3.05, 3.63) is 22.1 Å². The Labute approximate surface area is 136 Å². The number of carbonyl (C=O) groups is 1. The molecule has 1 aliphatic rings. The third kappa shape index (κ3) is 5.67. The van der Waals surface area contributed by atoms with Crippen molar-refractivity contribution in [1.29, 1.82) is 0 Å². The van der Waals surface area contributed by atoms with Crippen LogP contribution in [0.3, 0.4) is 0 Å². The average molecular weight is 322 g/mol. The minimum Gasteiger partial charge on any atom is -0.382 e. The molecule has 1 unspecified atom stereocenters. The highest BCUT2D eigenvalue weighted by Crippen LogP contribution is 2.15. The third-order valence-corrected chi connectivity index (χ3v) is 3.84. The SMILES string of the molecule is CCOCCCC(=O)NC1CCCN(c2nc(C)cc(=O)[nH]2)C1. The molecule has 1 aromatic rings. The van der Waals surface area contributed by atoms with E-state index in [-0.39, 0.29) is 17.5 Å². The lowest BCUT2D eigenvalue weighted by molar-refractivity contribution is -0.122. The van der Waals surface area contributed by atoms with Crippen LogP contribution in [0.25, 0.3) is 0 Å². The van der Waals surface area contributed by atoms with Gasteiger partial charge in [0.05, 0.1) is 0 Å². The predicted octanol–water partition coefficient (Wildman–Crippen LogP) is 0.980. The van der Waals surface area contributed by atoms with Crippen molar-refractivity contribution in [3.63, 3.8) is 0 Å². The molecule has 1 aromatic heterocycles. The first-order valence-electron chi connectivity index (χ1n) is 8.28. The quantitative estimate of drug-likeness (QED) is 0.731. The van der Waals surface area contributed by atoms with Crippen LogP contribution in [-0.2, 0) is 9.53 Å². The zero-order valence-corrected chi connectivity index (χ0v) is 13.9. The van der Waals surface area contributed by atoms with E-state index in [1.807, 2.05) is 11.8 Å². The number of aromatic nitrogens is 2. The molecule has 0 bridgehead atoms. The van der Waals surface area contributed by atoms with Crippen LogP contribution in [0.2, 0.25) is 0 Å². The summed E-state index contributed by atoms with van der Waals surface area (Å²) in [5, 5.41) is 3.07. The van der Waals surface area contributed by atoms with Crippen molar-refractivity contribution >= 4 is 11.9 Å². The summed E-state index contributed by atoms with van der Waals surface area (Å²) in [6.07, 6.45) is 3.13. The van der Waals surface area contributed by atoms with E-state index in [0.29, 0.717) is 37.8 Å². The first-order valence-corrected chi connectivity index (χ1v) is 8.28. The van der Waals surface area contributed by atoms with Crippen LogP contribution in [0.5, 0.6) is 0 Å². The Morgan fingerprint density at radius 3 is 3.13 bits per heavy atom. The minimum atomic E-state index is -0.144. The van der Waals surface area contributed by atoms with Crippen molar-refractivity contribution < 1.29 is 9.53 Å². The van der Waals surface area contributed by atoms with E-state index in [4.69, 9.17) is 4.74 Å². The highest BCUT2D eigenvalue weighted by atomic mass is 16.5. The van der Waals surface area contributed by atoms with Gasteiger partial charge in [-0.15, -0.1) is 0 Å². The second-order valence-corrected chi connectivity index (χ2v) is 5.86. The van der Waals surface area contributed by atoms with Crippen LogP contribution in [0.1, 0.15) is 38.3 Å². The summed E-state index contributed by atoms with van der Waals surface area (Å²) in [5.74, 6) is 0.646. The third-order valence-electron chi connectivity index (χ3n) is 3.84. The van der Waals surface area contributed by atoms with Crippen molar-refractivity contribution in [3.8, 4) is 0 Å². The molecule has 1 atom stereocenters. The maximum absolute atomic E-state index is 12.0. The molecule has 0 radical (unpaired) electrons. The number of anilines is 1. The normalized spacial score (nSPS) is 18.0. The van der Waals surface area contributed by atoms with Crippen molar-refractivity contribution in [1.82, 2.24) is 15.3 Å². The molecular weight excluding hydrogens is 296 g/mol. The maximum atomic E-state index is 12.0. The van der Waals surface area contributed by atoms with Gasteiger partial charge in [0.2, 0.25) is 11.9 Å². The van der Waals surface area contributed by atoms with Crippen LogP contribution < -0.4 is 15.8 Å². The Hall–Kier alpha value is -1.89. The Morgan fingerprint density at radius 1 is 1.57 bits per heavy atom.